The molecule has 0 aliphatic heterocycles. The van der Waals surface area contributed by atoms with Crippen LogP contribution in [-0.4, -0.2) is 25.8 Å². The van der Waals surface area contributed by atoms with Gasteiger partial charge in [0.2, 0.25) is 0 Å². The number of rotatable bonds is 5. The molecule has 0 aromatic heterocycles. The molecule has 1 unspecified atom stereocenters. The second kappa shape index (κ2) is 4.65. The fourth-order valence-electron chi connectivity index (χ4n) is 1.33. The van der Waals surface area contributed by atoms with Crippen LogP contribution in [0.3, 0.4) is 0 Å². The van der Waals surface area contributed by atoms with Crippen LogP contribution in [0.15, 0.2) is 0 Å². The van der Waals surface area contributed by atoms with E-state index in [1.54, 1.807) is 0 Å². The van der Waals surface area contributed by atoms with Crippen LogP contribution in [0.2, 0.25) is 0 Å². The lowest BCUT2D eigenvalue weighted by Gasteiger charge is -2.25. The summed E-state index contributed by atoms with van der Waals surface area (Å²) >= 11 is 5.86. The standard InChI is InChI=1S/C9H19ClO2S/c1-8(10)7-9(2,3)5-6-13(4,11)12/h8H,5-7H2,1-4H3. The van der Waals surface area contributed by atoms with Crippen LogP contribution in [-0.2, 0) is 9.84 Å². The zero-order chi connectivity index (χ0) is 10.7. The van der Waals surface area contributed by atoms with Gasteiger partial charge in [-0.15, -0.1) is 11.6 Å². The first-order valence-corrected chi connectivity index (χ1v) is 6.94. The first-order chi connectivity index (χ1) is 5.62. The highest BCUT2D eigenvalue weighted by Crippen LogP contribution is 2.28. The molecule has 4 heteroatoms. The lowest BCUT2D eigenvalue weighted by atomic mass is 9.85. The molecular weight excluding hydrogens is 208 g/mol. The van der Waals surface area contributed by atoms with Gasteiger partial charge >= 0.3 is 0 Å². The Hall–Kier alpha value is 0.240. The topological polar surface area (TPSA) is 34.1 Å². The predicted molar refractivity (Wildman–Crippen MR) is 58.0 cm³/mol. The minimum absolute atomic E-state index is 0.0181. The van der Waals surface area contributed by atoms with E-state index >= 15 is 0 Å². The van der Waals surface area contributed by atoms with Crippen molar-refractivity contribution < 1.29 is 8.42 Å². The minimum atomic E-state index is -2.84. The van der Waals surface area contributed by atoms with Gasteiger partial charge in [0.05, 0.1) is 5.75 Å². The summed E-state index contributed by atoms with van der Waals surface area (Å²) in [6.07, 6.45) is 2.81. The van der Waals surface area contributed by atoms with Crippen molar-refractivity contribution in [3.05, 3.63) is 0 Å². The minimum Gasteiger partial charge on any atom is -0.229 e. The molecule has 0 saturated carbocycles. The van der Waals surface area contributed by atoms with Gasteiger partial charge in [-0.3, -0.25) is 0 Å². The van der Waals surface area contributed by atoms with E-state index < -0.39 is 9.84 Å². The highest BCUT2D eigenvalue weighted by Gasteiger charge is 2.21. The Labute approximate surface area is 86.6 Å². The summed E-state index contributed by atoms with van der Waals surface area (Å²) in [4.78, 5) is 0. The molecule has 0 aliphatic rings. The zero-order valence-corrected chi connectivity index (χ0v) is 10.4. The van der Waals surface area contributed by atoms with Crippen molar-refractivity contribution in [3.63, 3.8) is 0 Å². The molecule has 80 valence electrons. The van der Waals surface area contributed by atoms with Crippen LogP contribution in [0.4, 0.5) is 0 Å². The van der Waals surface area contributed by atoms with E-state index in [1.807, 2.05) is 6.92 Å². The maximum Gasteiger partial charge on any atom is 0.147 e. The van der Waals surface area contributed by atoms with Crippen molar-refractivity contribution in [1.82, 2.24) is 0 Å². The van der Waals surface area contributed by atoms with Crippen molar-refractivity contribution in [2.24, 2.45) is 5.41 Å². The molecule has 13 heavy (non-hydrogen) atoms. The third-order valence-electron chi connectivity index (χ3n) is 1.98. The van der Waals surface area contributed by atoms with Crippen LogP contribution >= 0.6 is 11.6 Å². The van der Waals surface area contributed by atoms with E-state index in [-0.39, 0.29) is 16.5 Å². The first kappa shape index (κ1) is 13.2. The number of hydrogen-bond donors (Lipinski definition) is 0. The molecule has 0 spiro atoms. The molecule has 0 aromatic carbocycles. The fraction of sp³-hybridized carbons (Fsp3) is 1.00. The average molecular weight is 227 g/mol. The second-order valence-corrected chi connectivity index (χ2v) is 7.53. The maximum atomic E-state index is 10.9. The molecule has 0 heterocycles. The highest BCUT2D eigenvalue weighted by molar-refractivity contribution is 7.90. The van der Waals surface area contributed by atoms with Crippen molar-refractivity contribution >= 4 is 21.4 Å². The summed E-state index contributed by atoms with van der Waals surface area (Å²) in [5, 5.41) is 0.106. The number of halogens is 1. The van der Waals surface area contributed by atoms with Crippen molar-refractivity contribution in [3.8, 4) is 0 Å². The van der Waals surface area contributed by atoms with Gasteiger partial charge in [0.1, 0.15) is 9.84 Å². The quantitative estimate of drug-likeness (QED) is 0.675. The summed E-state index contributed by atoms with van der Waals surface area (Å²) in [7, 11) is -2.84. The molecule has 0 bridgehead atoms. The summed E-state index contributed by atoms with van der Waals surface area (Å²) in [6, 6.07) is 0. The molecule has 0 rings (SSSR count). The number of sulfone groups is 1. The molecule has 0 radical (unpaired) electrons. The van der Waals surface area contributed by atoms with Gasteiger partial charge in [-0.1, -0.05) is 13.8 Å². The van der Waals surface area contributed by atoms with E-state index in [2.05, 4.69) is 13.8 Å². The Morgan fingerprint density at radius 1 is 1.38 bits per heavy atom. The van der Waals surface area contributed by atoms with Crippen LogP contribution in [0.25, 0.3) is 0 Å². The molecule has 2 nitrogen and oxygen atoms in total. The van der Waals surface area contributed by atoms with Crippen molar-refractivity contribution in [1.29, 1.82) is 0 Å². The zero-order valence-electron chi connectivity index (χ0n) is 8.80. The molecule has 1 atom stereocenters. The van der Waals surface area contributed by atoms with E-state index in [0.717, 1.165) is 6.42 Å². The lowest BCUT2D eigenvalue weighted by Crippen LogP contribution is -2.20. The van der Waals surface area contributed by atoms with E-state index in [1.165, 1.54) is 6.26 Å². The smallest absolute Gasteiger partial charge is 0.147 e. The van der Waals surface area contributed by atoms with Crippen LogP contribution in [0.1, 0.15) is 33.6 Å². The summed E-state index contributed by atoms with van der Waals surface area (Å²) in [5.41, 5.74) is 0.0181. The fourth-order valence-corrected chi connectivity index (χ4v) is 2.67. The molecule has 0 fully saturated rings. The summed E-state index contributed by atoms with van der Waals surface area (Å²) < 4.78 is 21.9. The Bertz CT molecular complexity index is 242. The third kappa shape index (κ3) is 8.57. The van der Waals surface area contributed by atoms with Crippen LogP contribution < -0.4 is 0 Å². The average Bonchev–Trinajstić information content (AvgIpc) is 1.79. The van der Waals surface area contributed by atoms with E-state index in [0.29, 0.717) is 6.42 Å². The van der Waals surface area contributed by atoms with Crippen LogP contribution in [0.5, 0.6) is 0 Å². The van der Waals surface area contributed by atoms with Gasteiger partial charge in [-0.25, -0.2) is 8.42 Å². The Balaban J connectivity index is 4.04. The Morgan fingerprint density at radius 3 is 2.15 bits per heavy atom. The summed E-state index contributed by atoms with van der Waals surface area (Å²) in [6.45, 7) is 6.04. The maximum absolute atomic E-state index is 10.9. The molecule has 0 aliphatic carbocycles. The molecule has 0 N–H and O–H groups in total. The van der Waals surface area contributed by atoms with E-state index in [9.17, 15) is 8.42 Å². The molecule has 0 aromatic rings. The van der Waals surface area contributed by atoms with E-state index in [4.69, 9.17) is 11.6 Å². The van der Waals surface area contributed by atoms with Gasteiger partial charge < -0.3 is 0 Å². The molecular formula is C9H19ClO2S. The third-order valence-corrected chi connectivity index (χ3v) is 3.08. The molecule has 0 saturated heterocycles. The largest absolute Gasteiger partial charge is 0.229 e. The normalized spacial score (nSPS) is 15.8. The molecule has 0 amide bonds. The monoisotopic (exact) mass is 226 g/mol. The lowest BCUT2D eigenvalue weighted by molar-refractivity contribution is 0.322. The second-order valence-electron chi connectivity index (χ2n) is 4.53. The van der Waals surface area contributed by atoms with Gasteiger partial charge in [0, 0.05) is 11.6 Å². The van der Waals surface area contributed by atoms with Gasteiger partial charge in [-0.05, 0) is 25.2 Å². The summed E-state index contributed by atoms with van der Waals surface area (Å²) in [5.74, 6) is 0.254. The van der Waals surface area contributed by atoms with Gasteiger partial charge in [0.15, 0.2) is 0 Å². The number of hydrogen-bond acceptors (Lipinski definition) is 2. The number of alkyl halides is 1. The highest BCUT2D eigenvalue weighted by atomic mass is 35.5. The van der Waals surface area contributed by atoms with Gasteiger partial charge in [0.25, 0.3) is 0 Å². The van der Waals surface area contributed by atoms with Crippen LogP contribution in [0, 0.1) is 5.41 Å². The Kier molecular flexibility index (Phi) is 4.73. The van der Waals surface area contributed by atoms with Crippen molar-refractivity contribution in [2.75, 3.05) is 12.0 Å². The SMILES string of the molecule is CC(Cl)CC(C)(C)CCS(C)(=O)=O. The predicted octanol–water partition coefficient (Wildman–Crippen LogP) is 2.46. The first-order valence-electron chi connectivity index (χ1n) is 4.44. The van der Waals surface area contributed by atoms with Crippen molar-refractivity contribution in [2.45, 2.75) is 39.0 Å². The Morgan fingerprint density at radius 2 is 1.85 bits per heavy atom. The van der Waals surface area contributed by atoms with Gasteiger partial charge in [-0.2, -0.15) is 0 Å².